The predicted molar refractivity (Wildman–Crippen MR) is 376 cm³/mol. The summed E-state index contributed by atoms with van der Waals surface area (Å²) >= 11 is 0. The lowest BCUT2D eigenvalue weighted by molar-refractivity contribution is 1.07. The second-order valence-electron chi connectivity index (χ2n) is 22.7. The van der Waals surface area contributed by atoms with Crippen molar-refractivity contribution in [2.24, 2.45) is 0 Å². The first-order valence-electron chi connectivity index (χ1n) is 30.2. The van der Waals surface area contributed by atoms with Crippen molar-refractivity contribution in [3.63, 3.8) is 0 Å². The first kappa shape index (κ1) is 57.6. The van der Waals surface area contributed by atoms with Gasteiger partial charge in [-0.25, -0.2) is 34.3 Å². The van der Waals surface area contributed by atoms with E-state index in [2.05, 4.69) is 113 Å². The van der Waals surface area contributed by atoms with Gasteiger partial charge in [-0.1, -0.05) is 152 Å². The molecule has 0 bridgehead atoms. The van der Waals surface area contributed by atoms with Gasteiger partial charge in [-0.3, -0.25) is 0 Å². The van der Waals surface area contributed by atoms with Crippen LogP contribution in [0, 0.1) is 71.6 Å². The Morgan fingerprint density at radius 2 is 0.656 bits per heavy atom. The topological polar surface area (TPSA) is 161 Å². The number of nitriles is 4. The minimum absolute atomic E-state index is 0.344. The molecule has 0 spiro atoms. The van der Waals surface area contributed by atoms with Crippen molar-refractivity contribution < 1.29 is 0 Å². The third kappa shape index (κ3) is 9.89. The van der Waals surface area contributed by atoms with Crippen LogP contribution in [0.15, 0.2) is 249 Å². The van der Waals surface area contributed by atoms with E-state index in [1.807, 2.05) is 127 Å². The summed E-state index contributed by atoms with van der Waals surface area (Å²) in [5.74, 6) is 1.41. The second-order valence-corrected chi connectivity index (χ2v) is 22.7. The van der Waals surface area contributed by atoms with Gasteiger partial charge < -0.3 is 9.13 Å². The molecule has 12 aromatic carbocycles. The van der Waals surface area contributed by atoms with Crippen LogP contribution in [0.4, 0.5) is 22.7 Å². The van der Waals surface area contributed by atoms with Crippen LogP contribution in [0.1, 0.15) is 22.3 Å². The van der Waals surface area contributed by atoms with Crippen molar-refractivity contribution in [2.45, 2.75) is 0 Å². The summed E-state index contributed by atoms with van der Waals surface area (Å²) in [5.41, 5.74) is 17.3. The van der Waals surface area contributed by atoms with Gasteiger partial charge in [-0.05, 0) is 142 Å². The molecular weight excluding hydrogens is 1180 g/mol. The van der Waals surface area contributed by atoms with Crippen molar-refractivity contribution in [1.29, 1.82) is 21.0 Å². The van der Waals surface area contributed by atoms with Gasteiger partial charge in [0.05, 0.1) is 106 Å². The van der Waals surface area contributed by atoms with Gasteiger partial charge in [0, 0.05) is 49.4 Å². The number of rotatable bonds is 10. The fourth-order valence-corrected chi connectivity index (χ4v) is 12.9. The molecule has 3 aromatic heterocycles. The van der Waals surface area contributed by atoms with Gasteiger partial charge in [0.2, 0.25) is 0 Å². The Labute approximate surface area is 550 Å². The van der Waals surface area contributed by atoms with Gasteiger partial charge in [-0.2, -0.15) is 21.0 Å². The summed E-state index contributed by atoms with van der Waals surface area (Å²) in [6.45, 7) is 31.9. The van der Waals surface area contributed by atoms with Crippen molar-refractivity contribution >= 4 is 66.4 Å². The maximum absolute atomic E-state index is 10.5. The number of hydrogen-bond acceptors (Lipinski definition) is 7. The molecule has 0 aliphatic carbocycles. The van der Waals surface area contributed by atoms with Crippen molar-refractivity contribution in [2.75, 3.05) is 0 Å². The van der Waals surface area contributed by atoms with Crippen molar-refractivity contribution in [3.8, 4) is 125 Å². The standard InChI is InChI=1S/C83H41N13/c1-88-61-26-30-65(73(44-61)90-3)56-23-34-77-71(41-56)72-42-57(66-31-27-62(89-2)45-74(66)91-4)24-35-78(72)95(77)75-18-12-11-17-67(75)68-43-58(83-93-81(52-13-7-5-8-14-52)92-82(94-83)53-15-9-6-10-16-53)25-36-76(68)96-79-32-21-54(63-28-19-50(46-84)37-59(63)48-86)39-69(79)70-40-55(22-33-80(70)96)64-29-20-51(47-85)38-60(64)49-87/h5-45H. The van der Waals surface area contributed by atoms with Crippen LogP contribution in [-0.2, 0) is 0 Å². The third-order valence-corrected chi connectivity index (χ3v) is 17.4. The molecule has 96 heavy (non-hydrogen) atoms. The molecule has 0 fully saturated rings. The third-order valence-electron chi connectivity index (χ3n) is 17.4. The SMILES string of the molecule is [C-]#[N+]c1ccc(-c2ccc3c(c2)c2cc(-c4ccc([N+]#[C-])cc4[N+]#[C-])ccc2n3-c2ccccc2-c2cc(-c3nc(-c4ccccc4)nc(-c4ccccc4)n3)ccc2-n2c3ccc(-c4ccc(C#N)cc4C#N)cc3c3cc(-c4ccc(C#N)cc4C#N)ccc32)c([N+]#[C-])c1. The maximum Gasteiger partial charge on any atom is 0.184 e. The first-order chi connectivity index (χ1) is 47.2. The lowest BCUT2D eigenvalue weighted by atomic mass is 9.95. The van der Waals surface area contributed by atoms with Crippen LogP contribution in [-0.4, -0.2) is 24.1 Å². The minimum Gasteiger partial charge on any atom is -0.309 e. The van der Waals surface area contributed by atoms with Gasteiger partial charge >= 0.3 is 0 Å². The lowest BCUT2D eigenvalue weighted by Crippen LogP contribution is -2.03. The van der Waals surface area contributed by atoms with Crippen molar-refractivity contribution in [1.82, 2.24) is 24.1 Å². The van der Waals surface area contributed by atoms with E-state index < -0.39 is 0 Å². The molecule has 13 heteroatoms. The van der Waals surface area contributed by atoms with Gasteiger partial charge in [0.25, 0.3) is 0 Å². The minimum atomic E-state index is 0.344. The number of nitrogens with zero attached hydrogens (tertiary/aromatic N) is 13. The van der Waals surface area contributed by atoms with E-state index >= 15 is 0 Å². The molecule has 0 saturated carbocycles. The zero-order valence-electron chi connectivity index (χ0n) is 50.5. The predicted octanol–water partition coefficient (Wildman–Crippen LogP) is 21.1. The molecule has 3 heterocycles. The molecule has 0 aliphatic rings. The average Bonchev–Trinajstić information content (AvgIpc) is 1.57. The lowest BCUT2D eigenvalue weighted by Gasteiger charge is -2.20. The monoisotopic (exact) mass is 1220 g/mol. The highest BCUT2D eigenvalue weighted by Gasteiger charge is 2.25. The summed E-state index contributed by atoms with van der Waals surface area (Å²) in [4.78, 5) is 30.5. The number of aromatic nitrogens is 5. The molecule has 0 aliphatic heterocycles. The highest BCUT2D eigenvalue weighted by atomic mass is 15.0. The van der Waals surface area contributed by atoms with E-state index in [4.69, 9.17) is 41.2 Å². The summed E-state index contributed by atoms with van der Waals surface area (Å²) in [5, 5.41) is 44.1. The van der Waals surface area contributed by atoms with Crippen LogP contribution >= 0.6 is 0 Å². The van der Waals surface area contributed by atoms with Crippen molar-refractivity contribution in [3.05, 3.63) is 317 Å². The van der Waals surface area contributed by atoms with Gasteiger partial charge in [-0.15, -0.1) is 0 Å². The van der Waals surface area contributed by atoms with E-state index in [0.717, 1.165) is 99.5 Å². The molecule has 0 amide bonds. The number of hydrogen-bond donors (Lipinski definition) is 0. The van der Waals surface area contributed by atoms with Gasteiger partial charge in [0.1, 0.15) is 0 Å². The van der Waals surface area contributed by atoms with E-state index in [9.17, 15) is 21.0 Å². The average molecular weight is 1220 g/mol. The first-order valence-corrected chi connectivity index (χ1v) is 30.2. The quantitative estimate of drug-likeness (QED) is 0.123. The Morgan fingerprint density at radius 1 is 0.281 bits per heavy atom. The van der Waals surface area contributed by atoms with Gasteiger partial charge in [0.15, 0.2) is 40.2 Å². The maximum atomic E-state index is 10.5. The molecule has 0 N–H and O–H groups in total. The van der Waals surface area contributed by atoms with Crippen LogP contribution < -0.4 is 0 Å². The summed E-state index contributed by atoms with van der Waals surface area (Å²) < 4.78 is 4.47. The fraction of sp³-hybridized carbons (Fsp3) is 0. The van der Waals surface area contributed by atoms with E-state index in [1.165, 1.54) is 0 Å². The summed E-state index contributed by atoms with van der Waals surface area (Å²) in [6, 6.07) is 88.0. The molecule has 438 valence electrons. The largest absolute Gasteiger partial charge is 0.309 e. The van der Waals surface area contributed by atoms with E-state index in [1.54, 1.807) is 60.7 Å². The Hall–Kier alpha value is -14.8. The number of fused-ring (bicyclic) bond motifs is 6. The number of benzene rings is 12. The Kier molecular flexibility index (Phi) is 14.3. The normalized spacial score (nSPS) is 10.8. The van der Waals surface area contributed by atoms with Crippen LogP contribution in [0.5, 0.6) is 0 Å². The number of para-hydroxylation sites is 1. The summed E-state index contributed by atoms with van der Waals surface area (Å²) in [7, 11) is 0. The second kappa shape index (κ2) is 23.8. The molecule has 0 atom stereocenters. The zero-order valence-corrected chi connectivity index (χ0v) is 50.5. The molecule has 15 aromatic rings. The van der Waals surface area contributed by atoms with E-state index in [-0.39, 0.29) is 0 Å². The fourth-order valence-electron chi connectivity index (χ4n) is 12.9. The molecular formula is C83H41N13. The molecule has 13 nitrogen and oxygen atoms in total. The van der Waals surface area contributed by atoms with Crippen LogP contribution in [0.25, 0.3) is 164 Å². The van der Waals surface area contributed by atoms with Crippen LogP contribution in [0.2, 0.25) is 0 Å². The summed E-state index contributed by atoms with van der Waals surface area (Å²) in [6.07, 6.45) is 0. The highest BCUT2D eigenvalue weighted by molar-refractivity contribution is 6.15. The zero-order chi connectivity index (χ0) is 65.6. The van der Waals surface area contributed by atoms with E-state index in [0.29, 0.717) is 90.3 Å². The molecule has 15 rings (SSSR count). The molecule has 0 radical (unpaired) electrons. The highest BCUT2D eigenvalue weighted by Crippen LogP contribution is 2.47. The smallest absolute Gasteiger partial charge is 0.184 e. The Bertz CT molecular complexity index is 5870. The Morgan fingerprint density at radius 3 is 1.06 bits per heavy atom. The Balaban J connectivity index is 1.03. The van der Waals surface area contributed by atoms with Crippen LogP contribution in [0.3, 0.4) is 0 Å². The molecule has 0 unspecified atom stereocenters. The molecule has 0 saturated heterocycles.